The monoisotopic (exact) mass is 545 g/mol. The van der Waals surface area contributed by atoms with Gasteiger partial charge in [0.1, 0.15) is 18.3 Å². The van der Waals surface area contributed by atoms with Crippen molar-refractivity contribution in [3.63, 3.8) is 0 Å². The van der Waals surface area contributed by atoms with Crippen LogP contribution in [0.4, 0.5) is 5.69 Å². The number of anilines is 1. The fourth-order valence-corrected chi connectivity index (χ4v) is 4.61. The molecule has 2 atom stereocenters. The first-order valence-corrected chi connectivity index (χ1v) is 12.7. The zero-order valence-corrected chi connectivity index (χ0v) is 21.2. The second-order valence-corrected chi connectivity index (χ2v) is 9.59. The summed E-state index contributed by atoms with van der Waals surface area (Å²) in [5.41, 5.74) is -0.800. The minimum absolute atomic E-state index is 0.0712. The topological polar surface area (TPSA) is 162 Å². The quantitative estimate of drug-likeness (QED) is 0.301. The fraction of sp³-hybridized carbons (Fsp3) is 0.440. The third-order valence-corrected chi connectivity index (χ3v) is 6.57. The molecular formula is C25H28ClN5O7. The Morgan fingerprint density at radius 3 is 2.74 bits per heavy atom. The number of pyridine rings is 1. The van der Waals surface area contributed by atoms with Crippen LogP contribution in [0, 0.1) is 5.92 Å². The molecule has 0 radical (unpaired) electrons. The van der Waals surface area contributed by atoms with Crippen molar-refractivity contribution in [3.8, 4) is 0 Å². The van der Waals surface area contributed by atoms with Crippen LogP contribution in [0.1, 0.15) is 49.0 Å². The van der Waals surface area contributed by atoms with E-state index in [1.807, 2.05) is 0 Å². The number of carbonyl (C=O) groups is 4. The Bertz CT molecular complexity index is 1280. The van der Waals surface area contributed by atoms with Crippen LogP contribution in [0.25, 0.3) is 0 Å². The molecule has 4 rings (SSSR count). The molecule has 3 N–H and O–H groups in total. The molecule has 2 aromatic rings. The molecule has 0 aromatic carbocycles. The average molecular weight is 546 g/mol. The largest absolute Gasteiger partial charge is 0.459 e. The number of aromatic nitrogens is 2. The van der Waals surface area contributed by atoms with Crippen molar-refractivity contribution in [1.82, 2.24) is 20.4 Å². The van der Waals surface area contributed by atoms with Gasteiger partial charge in [-0.3, -0.25) is 19.2 Å². The van der Waals surface area contributed by atoms with E-state index in [0.29, 0.717) is 13.0 Å². The van der Waals surface area contributed by atoms with Gasteiger partial charge in [-0.25, -0.2) is 4.79 Å². The van der Waals surface area contributed by atoms with Crippen molar-refractivity contribution < 1.29 is 28.4 Å². The first kappa shape index (κ1) is 27.1. The lowest BCUT2D eigenvalue weighted by atomic mass is 9.98. The lowest BCUT2D eigenvalue weighted by Gasteiger charge is -2.18. The van der Waals surface area contributed by atoms with Gasteiger partial charge in [0.15, 0.2) is 5.69 Å². The Balaban J connectivity index is 1.40. The number of hydrogen-bond acceptors (Lipinski definition) is 8. The van der Waals surface area contributed by atoms with Crippen molar-refractivity contribution >= 4 is 41.0 Å². The van der Waals surface area contributed by atoms with Crippen LogP contribution in [-0.4, -0.2) is 52.1 Å². The highest BCUT2D eigenvalue weighted by molar-refractivity contribution is 6.29. The Kier molecular flexibility index (Phi) is 8.95. The predicted molar refractivity (Wildman–Crippen MR) is 135 cm³/mol. The number of carbonyl (C=O) groups excluding carboxylic acids is 4. The second-order valence-electron chi connectivity index (χ2n) is 9.21. The summed E-state index contributed by atoms with van der Waals surface area (Å²) in [5, 5.41) is 11.4. The van der Waals surface area contributed by atoms with Crippen molar-refractivity contribution in [2.45, 2.75) is 57.2 Å². The number of esters is 1. The standard InChI is InChI=1S/C25H28ClN5O7/c26-20-13-19(30-38-20)24(35)29-18-6-3-11-31(25(18)36)14-21(32)28-16(12-15-9-10-27-23(15)34)7-8-22(33)37-17-4-1-2-5-17/h3,6-8,11,13,15-17H,1-2,4-5,9-10,12,14H2,(H,27,34)(H,28,32)(H,29,35)/b8-7+. The lowest BCUT2D eigenvalue weighted by Crippen LogP contribution is -2.40. The maximum Gasteiger partial charge on any atom is 0.330 e. The molecule has 1 aliphatic heterocycles. The Morgan fingerprint density at radius 2 is 2.05 bits per heavy atom. The number of halogens is 1. The van der Waals surface area contributed by atoms with E-state index in [-0.39, 0.29) is 47.5 Å². The van der Waals surface area contributed by atoms with Crippen LogP contribution < -0.4 is 21.5 Å². The number of hydrogen-bond donors (Lipinski definition) is 3. The van der Waals surface area contributed by atoms with E-state index in [0.717, 1.165) is 30.3 Å². The van der Waals surface area contributed by atoms with Gasteiger partial charge in [-0.1, -0.05) is 11.2 Å². The molecule has 2 unspecified atom stereocenters. The van der Waals surface area contributed by atoms with Crippen molar-refractivity contribution in [2.24, 2.45) is 5.92 Å². The van der Waals surface area contributed by atoms with E-state index >= 15 is 0 Å². The molecule has 0 spiro atoms. The summed E-state index contributed by atoms with van der Waals surface area (Å²) in [4.78, 5) is 62.3. The summed E-state index contributed by atoms with van der Waals surface area (Å²) < 4.78 is 11.2. The van der Waals surface area contributed by atoms with E-state index in [1.165, 1.54) is 36.5 Å². The van der Waals surface area contributed by atoms with Crippen LogP contribution in [0.3, 0.4) is 0 Å². The van der Waals surface area contributed by atoms with Gasteiger partial charge in [0, 0.05) is 36.8 Å². The average Bonchev–Trinajstić information content (AvgIpc) is 3.64. The highest BCUT2D eigenvalue weighted by Gasteiger charge is 2.27. The zero-order chi connectivity index (χ0) is 27.1. The minimum atomic E-state index is -0.704. The van der Waals surface area contributed by atoms with Gasteiger partial charge in [-0.05, 0) is 62.3 Å². The van der Waals surface area contributed by atoms with E-state index < -0.39 is 29.4 Å². The molecule has 3 heterocycles. The molecule has 12 nitrogen and oxygen atoms in total. The molecule has 0 bridgehead atoms. The van der Waals surface area contributed by atoms with Crippen LogP contribution in [0.15, 0.2) is 45.9 Å². The van der Waals surface area contributed by atoms with E-state index in [9.17, 15) is 24.0 Å². The summed E-state index contributed by atoms with van der Waals surface area (Å²) in [5.74, 6) is -2.15. The first-order valence-electron chi connectivity index (χ1n) is 12.4. The summed E-state index contributed by atoms with van der Waals surface area (Å²) in [6.45, 7) is 0.193. The molecular weight excluding hydrogens is 518 g/mol. The molecule has 1 aliphatic carbocycles. The van der Waals surface area contributed by atoms with Gasteiger partial charge in [0.05, 0.1) is 0 Å². The van der Waals surface area contributed by atoms with Crippen molar-refractivity contribution in [3.05, 3.63) is 57.8 Å². The zero-order valence-electron chi connectivity index (χ0n) is 20.5. The van der Waals surface area contributed by atoms with Gasteiger partial charge in [0.25, 0.3) is 11.5 Å². The molecule has 2 aromatic heterocycles. The van der Waals surface area contributed by atoms with Gasteiger partial charge in [0.2, 0.25) is 17.0 Å². The summed E-state index contributed by atoms with van der Waals surface area (Å²) in [7, 11) is 0. The third kappa shape index (κ3) is 7.31. The van der Waals surface area contributed by atoms with Crippen LogP contribution in [-0.2, 0) is 25.7 Å². The number of nitrogens with zero attached hydrogens (tertiary/aromatic N) is 2. The van der Waals surface area contributed by atoms with Gasteiger partial charge in [-0.2, -0.15) is 0 Å². The number of rotatable bonds is 10. The fourth-order valence-electron chi connectivity index (χ4n) is 4.48. The Hall–Kier alpha value is -3.93. The summed E-state index contributed by atoms with van der Waals surface area (Å²) in [6.07, 6.45) is 8.72. The second kappa shape index (κ2) is 12.5. The van der Waals surface area contributed by atoms with Crippen LogP contribution >= 0.6 is 11.6 Å². The van der Waals surface area contributed by atoms with E-state index in [2.05, 4.69) is 25.6 Å². The van der Waals surface area contributed by atoms with E-state index in [4.69, 9.17) is 16.3 Å². The number of ether oxygens (including phenoxy) is 1. The molecule has 13 heteroatoms. The first-order chi connectivity index (χ1) is 18.3. The molecule has 38 heavy (non-hydrogen) atoms. The van der Waals surface area contributed by atoms with Crippen LogP contribution in [0.2, 0.25) is 5.22 Å². The third-order valence-electron chi connectivity index (χ3n) is 6.39. The highest BCUT2D eigenvalue weighted by Crippen LogP contribution is 2.21. The molecule has 1 saturated carbocycles. The van der Waals surface area contributed by atoms with E-state index in [1.54, 1.807) is 0 Å². The van der Waals surface area contributed by atoms with Crippen molar-refractivity contribution in [1.29, 1.82) is 0 Å². The molecule has 2 fully saturated rings. The summed E-state index contributed by atoms with van der Waals surface area (Å²) >= 11 is 5.63. The SMILES string of the molecule is O=C(Cn1cccc(NC(=O)c2cc(Cl)on2)c1=O)NC(/C=C/C(=O)OC1CCCC1)CC1CCNC1=O. The number of amides is 3. The van der Waals surface area contributed by atoms with Gasteiger partial charge < -0.3 is 29.8 Å². The Labute approximate surface area is 222 Å². The minimum Gasteiger partial charge on any atom is -0.459 e. The predicted octanol–water partition coefficient (Wildman–Crippen LogP) is 1.79. The highest BCUT2D eigenvalue weighted by atomic mass is 35.5. The maximum absolute atomic E-state index is 12.9. The van der Waals surface area contributed by atoms with Gasteiger partial charge in [-0.15, -0.1) is 0 Å². The smallest absolute Gasteiger partial charge is 0.330 e. The molecule has 202 valence electrons. The van der Waals surface area contributed by atoms with Gasteiger partial charge >= 0.3 is 5.97 Å². The molecule has 2 aliphatic rings. The van der Waals surface area contributed by atoms with Crippen LogP contribution in [0.5, 0.6) is 0 Å². The summed E-state index contributed by atoms with van der Waals surface area (Å²) in [6, 6.07) is 3.45. The lowest BCUT2D eigenvalue weighted by molar-refractivity contribution is -0.142. The Morgan fingerprint density at radius 1 is 1.26 bits per heavy atom. The van der Waals surface area contributed by atoms with Crippen molar-refractivity contribution in [2.75, 3.05) is 11.9 Å². The molecule has 1 saturated heterocycles. The maximum atomic E-state index is 12.9. The molecule has 3 amide bonds. The number of nitrogens with one attached hydrogen (secondary N) is 3. The normalized spacial score (nSPS) is 18.3.